The van der Waals surface area contributed by atoms with E-state index in [0.29, 0.717) is 18.5 Å². The van der Waals surface area contributed by atoms with Crippen molar-refractivity contribution in [3.8, 4) is 0 Å². The van der Waals surface area contributed by atoms with Crippen LogP contribution in [0.15, 0.2) is 29.3 Å². The van der Waals surface area contributed by atoms with Gasteiger partial charge in [-0.05, 0) is 24.0 Å². The molecule has 0 aliphatic heterocycles. The minimum Gasteiger partial charge on any atom is -0.349 e. The van der Waals surface area contributed by atoms with Crippen molar-refractivity contribution < 1.29 is 13.2 Å². The smallest absolute Gasteiger partial charge is 0.349 e. The molecule has 0 aromatic heterocycles. The minimum atomic E-state index is -4.29. The van der Waals surface area contributed by atoms with E-state index in [1.54, 1.807) is 6.07 Å². The van der Waals surface area contributed by atoms with E-state index < -0.39 is 11.7 Å². The van der Waals surface area contributed by atoms with Crippen LogP contribution in [0.4, 0.5) is 13.2 Å². The van der Waals surface area contributed by atoms with E-state index in [9.17, 15) is 13.2 Å². The SMILES string of the molecule is CC(CCN=C(N(C)C)N(C)C)c1cccc(C(F)(F)F)c1. The molecule has 0 heterocycles. The molecule has 0 radical (unpaired) electrons. The summed E-state index contributed by atoms with van der Waals surface area (Å²) in [4.78, 5) is 8.33. The highest BCUT2D eigenvalue weighted by Gasteiger charge is 2.30. The summed E-state index contributed by atoms with van der Waals surface area (Å²) in [5.74, 6) is 0.868. The van der Waals surface area contributed by atoms with E-state index in [1.165, 1.54) is 12.1 Å². The Bertz CT molecular complexity index is 498. The Balaban J connectivity index is 2.74. The summed E-state index contributed by atoms with van der Waals surface area (Å²) in [5.41, 5.74) is 0.101. The molecule has 0 N–H and O–H groups in total. The first-order valence-electron chi connectivity index (χ1n) is 7.19. The van der Waals surface area contributed by atoms with E-state index in [2.05, 4.69) is 4.99 Å². The average Bonchev–Trinajstić information content (AvgIpc) is 2.41. The van der Waals surface area contributed by atoms with Crippen molar-refractivity contribution in [3.05, 3.63) is 35.4 Å². The maximum atomic E-state index is 12.7. The molecular formula is C16H24F3N3. The molecule has 0 amide bonds. The number of guanidine groups is 1. The van der Waals surface area contributed by atoms with E-state index in [1.807, 2.05) is 44.9 Å². The first kappa shape index (κ1) is 18.3. The topological polar surface area (TPSA) is 18.8 Å². The Morgan fingerprint density at radius 2 is 1.73 bits per heavy atom. The predicted molar refractivity (Wildman–Crippen MR) is 84.2 cm³/mol. The molecule has 0 fully saturated rings. The number of halogens is 3. The van der Waals surface area contributed by atoms with Crippen LogP contribution in [-0.2, 0) is 6.18 Å². The molecule has 1 atom stereocenters. The van der Waals surface area contributed by atoms with Gasteiger partial charge < -0.3 is 9.80 Å². The van der Waals surface area contributed by atoms with Gasteiger partial charge in [0.25, 0.3) is 0 Å². The maximum Gasteiger partial charge on any atom is 0.416 e. The van der Waals surface area contributed by atoms with Crippen LogP contribution in [0.3, 0.4) is 0 Å². The number of benzene rings is 1. The highest BCUT2D eigenvalue weighted by Crippen LogP contribution is 2.31. The summed E-state index contributed by atoms with van der Waals surface area (Å²) >= 11 is 0. The Morgan fingerprint density at radius 3 is 2.23 bits per heavy atom. The van der Waals surface area contributed by atoms with E-state index in [0.717, 1.165) is 12.0 Å². The number of rotatable bonds is 4. The van der Waals surface area contributed by atoms with E-state index in [-0.39, 0.29) is 5.92 Å². The molecule has 3 nitrogen and oxygen atoms in total. The van der Waals surface area contributed by atoms with Crippen LogP contribution in [0, 0.1) is 0 Å². The molecule has 6 heteroatoms. The molecule has 1 unspecified atom stereocenters. The molecule has 0 bridgehead atoms. The molecule has 0 saturated heterocycles. The van der Waals surface area contributed by atoms with Crippen molar-refractivity contribution in [2.24, 2.45) is 4.99 Å². The van der Waals surface area contributed by atoms with Gasteiger partial charge in [-0.3, -0.25) is 4.99 Å². The zero-order valence-electron chi connectivity index (χ0n) is 13.8. The van der Waals surface area contributed by atoms with Crippen molar-refractivity contribution in [1.82, 2.24) is 9.80 Å². The summed E-state index contributed by atoms with van der Waals surface area (Å²) in [6.45, 7) is 2.50. The second-order valence-corrected chi connectivity index (χ2v) is 5.78. The van der Waals surface area contributed by atoms with Crippen molar-refractivity contribution in [1.29, 1.82) is 0 Å². The van der Waals surface area contributed by atoms with Gasteiger partial charge in [0.15, 0.2) is 5.96 Å². The maximum absolute atomic E-state index is 12.7. The van der Waals surface area contributed by atoms with Crippen LogP contribution in [0.1, 0.15) is 30.4 Å². The summed E-state index contributed by atoms with van der Waals surface area (Å²) in [6, 6.07) is 5.53. The third kappa shape index (κ3) is 5.24. The molecule has 1 aromatic carbocycles. The van der Waals surface area contributed by atoms with Gasteiger partial charge in [-0.15, -0.1) is 0 Å². The van der Waals surface area contributed by atoms with E-state index >= 15 is 0 Å². The average molecular weight is 315 g/mol. The zero-order valence-corrected chi connectivity index (χ0v) is 13.8. The van der Waals surface area contributed by atoms with Crippen LogP contribution in [0.2, 0.25) is 0 Å². The second-order valence-electron chi connectivity index (χ2n) is 5.78. The largest absolute Gasteiger partial charge is 0.416 e. The lowest BCUT2D eigenvalue weighted by Gasteiger charge is -2.23. The van der Waals surface area contributed by atoms with Crippen LogP contribution >= 0.6 is 0 Å². The lowest BCUT2D eigenvalue weighted by Crippen LogP contribution is -2.35. The lowest BCUT2D eigenvalue weighted by atomic mass is 9.96. The molecule has 0 aliphatic carbocycles. The molecule has 1 rings (SSSR count). The van der Waals surface area contributed by atoms with Gasteiger partial charge in [-0.2, -0.15) is 13.2 Å². The number of hydrogen-bond acceptors (Lipinski definition) is 1. The van der Waals surface area contributed by atoms with Gasteiger partial charge >= 0.3 is 6.18 Å². The van der Waals surface area contributed by atoms with Crippen molar-refractivity contribution in [2.75, 3.05) is 34.7 Å². The Hall–Kier alpha value is -1.72. The number of alkyl halides is 3. The molecule has 0 aliphatic rings. The highest BCUT2D eigenvalue weighted by atomic mass is 19.4. The van der Waals surface area contributed by atoms with Crippen molar-refractivity contribution >= 4 is 5.96 Å². The van der Waals surface area contributed by atoms with Crippen LogP contribution in [0.5, 0.6) is 0 Å². The van der Waals surface area contributed by atoms with Gasteiger partial charge in [0, 0.05) is 34.7 Å². The summed E-state index contributed by atoms with van der Waals surface area (Å²) in [5, 5.41) is 0. The van der Waals surface area contributed by atoms with Crippen molar-refractivity contribution in [3.63, 3.8) is 0 Å². The Kier molecular flexibility index (Phi) is 6.26. The van der Waals surface area contributed by atoms with E-state index in [4.69, 9.17) is 0 Å². The zero-order chi connectivity index (χ0) is 16.9. The Morgan fingerprint density at radius 1 is 1.14 bits per heavy atom. The molecule has 0 saturated carbocycles. The standard InChI is InChI=1S/C16H24F3N3/c1-12(9-10-20-15(21(2)3)22(4)5)13-7-6-8-14(11-13)16(17,18)19/h6-8,11-12H,9-10H2,1-5H3. The fourth-order valence-electron chi connectivity index (χ4n) is 2.23. The first-order chi connectivity index (χ1) is 10.1. The second kappa shape index (κ2) is 7.51. The Labute approximate surface area is 130 Å². The fraction of sp³-hybridized carbons (Fsp3) is 0.562. The van der Waals surface area contributed by atoms with Gasteiger partial charge in [0.2, 0.25) is 0 Å². The predicted octanol–water partition coefficient (Wildman–Crippen LogP) is 3.68. The van der Waals surface area contributed by atoms with Gasteiger partial charge in [0.1, 0.15) is 0 Å². The van der Waals surface area contributed by atoms with Gasteiger partial charge in [-0.1, -0.05) is 25.1 Å². The number of hydrogen-bond donors (Lipinski definition) is 0. The molecular weight excluding hydrogens is 291 g/mol. The first-order valence-corrected chi connectivity index (χ1v) is 7.19. The quantitative estimate of drug-likeness (QED) is 0.623. The minimum absolute atomic E-state index is 0.0247. The van der Waals surface area contributed by atoms with Crippen molar-refractivity contribution in [2.45, 2.75) is 25.4 Å². The van der Waals surface area contributed by atoms with Crippen LogP contribution in [-0.4, -0.2) is 50.5 Å². The lowest BCUT2D eigenvalue weighted by molar-refractivity contribution is -0.137. The molecule has 0 spiro atoms. The molecule has 124 valence electrons. The fourth-order valence-corrected chi connectivity index (χ4v) is 2.23. The van der Waals surface area contributed by atoms with Crippen LogP contribution < -0.4 is 0 Å². The monoisotopic (exact) mass is 315 g/mol. The van der Waals surface area contributed by atoms with Gasteiger partial charge in [0.05, 0.1) is 5.56 Å². The third-order valence-electron chi connectivity index (χ3n) is 3.40. The molecule has 22 heavy (non-hydrogen) atoms. The summed E-state index contributed by atoms with van der Waals surface area (Å²) in [6.07, 6.45) is -3.59. The number of nitrogens with zero attached hydrogens (tertiary/aromatic N) is 3. The normalized spacial score (nSPS) is 12.7. The summed E-state index contributed by atoms with van der Waals surface area (Å²) < 4.78 is 38.2. The summed E-state index contributed by atoms with van der Waals surface area (Å²) in [7, 11) is 7.65. The number of aliphatic imine (C=N–C) groups is 1. The third-order valence-corrected chi connectivity index (χ3v) is 3.40. The van der Waals surface area contributed by atoms with Gasteiger partial charge in [-0.25, -0.2) is 0 Å². The molecule has 1 aromatic rings. The van der Waals surface area contributed by atoms with Crippen LogP contribution in [0.25, 0.3) is 0 Å². The highest BCUT2D eigenvalue weighted by molar-refractivity contribution is 5.79.